The molecule has 1 saturated heterocycles. The first-order chi connectivity index (χ1) is 19.3. The summed E-state index contributed by atoms with van der Waals surface area (Å²) < 4.78 is 5.97. The van der Waals surface area contributed by atoms with Crippen LogP contribution in [0.4, 0.5) is 5.69 Å². The third-order valence-electron chi connectivity index (χ3n) is 7.27. The van der Waals surface area contributed by atoms with Crippen LogP contribution in [0.15, 0.2) is 35.5 Å². The van der Waals surface area contributed by atoms with Crippen LogP contribution in [0.2, 0.25) is 5.02 Å². The molecule has 216 valence electrons. The molecule has 1 aromatic carbocycles. The number of nitrogens with zero attached hydrogens (tertiary/aromatic N) is 3. The monoisotopic (exact) mass is 615 g/mol. The van der Waals surface area contributed by atoms with E-state index in [0.29, 0.717) is 50.4 Å². The third-order valence-corrected chi connectivity index (χ3v) is 7.50. The molecule has 41 heavy (non-hydrogen) atoms. The van der Waals surface area contributed by atoms with E-state index >= 15 is 0 Å². The van der Waals surface area contributed by atoms with Gasteiger partial charge in [-0.1, -0.05) is 23.7 Å². The van der Waals surface area contributed by atoms with Gasteiger partial charge in [-0.2, -0.15) is 0 Å². The Hall–Kier alpha value is -1.41. The van der Waals surface area contributed by atoms with E-state index in [1.165, 1.54) is 0 Å². The number of aromatic nitrogens is 1. The SMILES string of the molecule is CC1(C)COC2(CCC(C([O-])=NC[C]3[CH][CH][CH][C]3C[N-]c3ccnc4cc(Cl)ccc34)CC2)OO1.[CH]1[CH][CH][CH][CH]1.[Fe+2]. The van der Waals surface area contributed by atoms with E-state index in [4.69, 9.17) is 31.4 Å². The van der Waals surface area contributed by atoms with Gasteiger partial charge in [-0.05, 0) is 113 Å². The average Bonchev–Trinajstić information content (AvgIpc) is 3.68. The Morgan fingerprint density at radius 3 is 2.41 bits per heavy atom. The van der Waals surface area contributed by atoms with Gasteiger partial charge in [0.1, 0.15) is 5.60 Å². The second-order valence-corrected chi connectivity index (χ2v) is 11.3. The standard InChI is InChI=1S/C27H30ClN3O4.C5H5.Fe/c1-26(2)17-33-27(35-34-26)11-8-18(9-12-27)25(32)31-16-20-5-3-4-19(20)15-30-23-10-13-29-24-14-21(28)6-7-22(23)24;1-2-4-5-3-1;/h3-7,10,13-14,18H,8-9,11-12,15-17H2,1-2H3,(H-,29,30,31,32);1-5H;/q-1;;+2/p-1. The average molecular weight is 616 g/mol. The Bertz CT molecular complexity index is 1130. The molecule has 0 N–H and O–H groups in total. The molecule has 0 amide bonds. The second-order valence-electron chi connectivity index (χ2n) is 10.9. The van der Waals surface area contributed by atoms with Crippen LogP contribution in [0.3, 0.4) is 0 Å². The van der Waals surface area contributed by atoms with Crippen LogP contribution in [0, 0.1) is 69.1 Å². The number of rotatable bonds is 6. The molecule has 7 nitrogen and oxygen atoms in total. The summed E-state index contributed by atoms with van der Waals surface area (Å²) in [7, 11) is 0. The molecular weight excluding hydrogens is 582 g/mol. The van der Waals surface area contributed by atoms with Crippen molar-refractivity contribution in [3.63, 3.8) is 0 Å². The van der Waals surface area contributed by atoms with Gasteiger partial charge in [-0.15, -0.1) is 12.2 Å². The van der Waals surface area contributed by atoms with Crippen LogP contribution in [0.25, 0.3) is 16.2 Å². The zero-order valence-electron chi connectivity index (χ0n) is 23.2. The molecule has 3 aliphatic carbocycles. The molecule has 1 aliphatic heterocycles. The van der Waals surface area contributed by atoms with Gasteiger partial charge in [-0.3, -0.25) is 4.98 Å². The molecular formula is C32H34ClFeN3O4. The van der Waals surface area contributed by atoms with Crippen molar-refractivity contribution in [3.8, 4) is 0 Å². The Labute approximate surface area is 260 Å². The topological polar surface area (TPSA) is 90.1 Å². The summed E-state index contributed by atoms with van der Waals surface area (Å²) in [5.74, 6) is 1.19. The van der Waals surface area contributed by atoms with Crippen molar-refractivity contribution < 1.29 is 36.7 Å². The molecule has 9 heteroatoms. The maximum absolute atomic E-state index is 12.8. The molecule has 1 spiro atoms. The minimum Gasteiger partial charge on any atom is -0.862 e. The predicted molar refractivity (Wildman–Crippen MR) is 155 cm³/mol. The minimum absolute atomic E-state index is 0. The van der Waals surface area contributed by atoms with Gasteiger partial charge in [0.15, 0.2) is 0 Å². The van der Waals surface area contributed by atoms with Crippen LogP contribution < -0.4 is 5.11 Å². The molecule has 1 aromatic heterocycles. The van der Waals surface area contributed by atoms with E-state index in [-0.39, 0.29) is 28.9 Å². The molecule has 4 aliphatic rings. The van der Waals surface area contributed by atoms with Crippen molar-refractivity contribution in [1.82, 2.24) is 4.98 Å². The Kier molecular flexibility index (Phi) is 11.8. The number of fused-ring (bicyclic) bond motifs is 1. The number of benzene rings is 1. The summed E-state index contributed by atoms with van der Waals surface area (Å²) in [4.78, 5) is 19.9. The van der Waals surface area contributed by atoms with Crippen molar-refractivity contribution >= 4 is 34.1 Å². The summed E-state index contributed by atoms with van der Waals surface area (Å²) >= 11 is 6.09. The number of hydrogen-bond donors (Lipinski definition) is 0. The van der Waals surface area contributed by atoms with Crippen LogP contribution >= 0.6 is 11.6 Å². The number of ether oxygens (including phenoxy) is 1. The van der Waals surface area contributed by atoms with Crippen LogP contribution in [0.5, 0.6) is 0 Å². The molecule has 0 unspecified atom stereocenters. The van der Waals surface area contributed by atoms with E-state index in [1.54, 1.807) is 6.20 Å². The van der Waals surface area contributed by atoms with Crippen LogP contribution in [0.1, 0.15) is 39.5 Å². The van der Waals surface area contributed by atoms with Crippen molar-refractivity contribution in [1.29, 1.82) is 0 Å². The van der Waals surface area contributed by atoms with Crippen molar-refractivity contribution in [3.05, 3.63) is 104 Å². The van der Waals surface area contributed by atoms with E-state index in [9.17, 15) is 5.11 Å². The van der Waals surface area contributed by atoms with Gasteiger partial charge in [-0.25, -0.2) is 9.78 Å². The third kappa shape index (κ3) is 8.81. The largest absolute Gasteiger partial charge is 2.00 e. The normalized spacial score (nSPS) is 26.9. The summed E-state index contributed by atoms with van der Waals surface area (Å²) in [6.07, 6.45) is 20.4. The summed E-state index contributed by atoms with van der Waals surface area (Å²) in [6.45, 7) is 5.19. The smallest absolute Gasteiger partial charge is 0.862 e. The summed E-state index contributed by atoms with van der Waals surface area (Å²) in [6, 6.07) is 7.51. The first-order valence-electron chi connectivity index (χ1n) is 13.7. The van der Waals surface area contributed by atoms with Gasteiger partial charge in [0.05, 0.1) is 12.1 Å². The zero-order chi connectivity index (χ0) is 28.0. The first-order valence-corrected chi connectivity index (χ1v) is 14.0. The van der Waals surface area contributed by atoms with E-state index in [2.05, 4.69) is 9.98 Å². The fourth-order valence-corrected chi connectivity index (χ4v) is 5.07. The summed E-state index contributed by atoms with van der Waals surface area (Å²) in [5, 5.41) is 19.2. The first kappa shape index (κ1) is 32.5. The molecule has 0 bridgehead atoms. The molecule has 10 radical (unpaired) electrons. The minimum atomic E-state index is -0.727. The Balaban J connectivity index is 0.000000584. The number of hydrogen-bond acceptors (Lipinski definition) is 6. The molecule has 2 aromatic rings. The fourth-order valence-electron chi connectivity index (χ4n) is 4.90. The van der Waals surface area contributed by atoms with Gasteiger partial charge in [0.25, 0.3) is 0 Å². The quantitative estimate of drug-likeness (QED) is 0.170. The Morgan fingerprint density at radius 1 is 1.02 bits per heavy atom. The molecule has 3 saturated carbocycles. The van der Waals surface area contributed by atoms with Crippen molar-refractivity contribution in [2.45, 2.75) is 50.9 Å². The van der Waals surface area contributed by atoms with Gasteiger partial charge >= 0.3 is 17.1 Å². The van der Waals surface area contributed by atoms with Crippen LogP contribution in [-0.2, 0) is 31.6 Å². The zero-order valence-corrected chi connectivity index (χ0v) is 25.1. The van der Waals surface area contributed by atoms with Gasteiger partial charge in [0.2, 0.25) is 5.79 Å². The van der Waals surface area contributed by atoms with Crippen molar-refractivity contribution in [2.24, 2.45) is 10.9 Å². The van der Waals surface area contributed by atoms with E-state index in [0.717, 1.165) is 28.4 Å². The fraction of sp³-hybridized carbons (Fsp3) is 0.375. The number of halogens is 1. The molecule has 0 atom stereocenters. The van der Waals surface area contributed by atoms with Crippen LogP contribution in [-0.4, -0.2) is 42.0 Å². The van der Waals surface area contributed by atoms with E-state index in [1.807, 2.05) is 89.5 Å². The van der Waals surface area contributed by atoms with Gasteiger partial charge < -0.3 is 20.2 Å². The van der Waals surface area contributed by atoms with Crippen molar-refractivity contribution in [2.75, 3.05) is 19.7 Å². The molecule has 4 fully saturated rings. The second kappa shape index (κ2) is 14.9. The summed E-state index contributed by atoms with van der Waals surface area (Å²) in [5.41, 5.74) is 1.23. The molecule has 6 rings (SSSR count). The predicted octanol–water partition coefficient (Wildman–Crippen LogP) is 6.09. The number of pyridine rings is 1. The van der Waals surface area contributed by atoms with Gasteiger partial charge in [0, 0.05) is 36.5 Å². The maximum Gasteiger partial charge on any atom is 2.00 e. The number of aliphatic imine (C=N–C) groups is 1. The Morgan fingerprint density at radius 2 is 1.73 bits per heavy atom. The molecule has 2 heterocycles. The van der Waals surface area contributed by atoms with E-state index < -0.39 is 11.4 Å². The maximum atomic E-state index is 12.8.